The van der Waals surface area contributed by atoms with Crippen LogP contribution >= 0.6 is 0 Å². The third-order valence-electron chi connectivity index (χ3n) is 2.80. The summed E-state index contributed by atoms with van der Waals surface area (Å²) in [5.41, 5.74) is 3.95. The van der Waals surface area contributed by atoms with Gasteiger partial charge in [0.05, 0.1) is 23.3 Å². The number of benzene rings is 1. The van der Waals surface area contributed by atoms with E-state index in [1.807, 2.05) is 42.5 Å². The number of anilines is 2. The van der Waals surface area contributed by atoms with Crippen molar-refractivity contribution in [1.82, 2.24) is 9.97 Å². The molecule has 0 saturated heterocycles. The summed E-state index contributed by atoms with van der Waals surface area (Å²) < 4.78 is 0. The van der Waals surface area contributed by atoms with Crippen molar-refractivity contribution < 1.29 is 0 Å². The van der Waals surface area contributed by atoms with Gasteiger partial charge in [0.1, 0.15) is 0 Å². The van der Waals surface area contributed by atoms with E-state index in [-0.39, 0.29) is 0 Å². The van der Waals surface area contributed by atoms with Gasteiger partial charge < -0.3 is 5.32 Å². The molecule has 2 aromatic heterocycles. The van der Waals surface area contributed by atoms with E-state index in [4.69, 9.17) is 0 Å². The monoisotopic (exact) mass is 247 g/mol. The summed E-state index contributed by atoms with van der Waals surface area (Å²) in [4.78, 5) is 8.56. The molecule has 0 atom stereocenters. The molecule has 1 N–H and O–H groups in total. The fourth-order valence-corrected chi connectivity index (χ4v) is 1.92. The van der Waals surface area contributed by atoms with Crippen molar-refractivity contribution in [3.05, 3.63) is 73.2 Å². The lowest BCUT2D eigenvalue weighted by molar-refractivity contribution is 1.30. The Kier molecular flexibility index (Phi) is 3.19. The van der Waals surface area contributed by atoms with Crippen LogP contribution in [0.4, 0.5) is 11.4 Å². The smallest absolute Gasteiger partial charge is 0.0936 e. The van der Waals surface area contributed by atoms with Gasteiger partial charge in [0, 0.05) is 18.0 Å². The van der Waals surface area contributed by atoms with E-state index in [2.05, 4.69) is 27.4 Å². The van der Waals surface area contributed by atoms with Crippen molar-refractivity contribution in [2.45, 2.75) is 0 Å². The van der Waals surface area contributed by atoms with E-state index in [1.54, 1.807) is 18.6 Å². The number of nitrogens with one attached hydrogen (secondary N) is 1. The standard InChI is InChI=1S/C16H13N3/c1-2-6-13(7-3-1)16-15(9-5-11-18-16)19-14-8-4-10-17-12-14/h1-12,19H. The molecule has 3 rings (SSSR count). The topological polar surface area (TPSA) is 37.8 Å². The van der Waals surface area contributed by atoms with Gasteiger partial charge in [-0.25, -0.2) is 0 Å². The fraction of sp³-hybridized carbons (Fsp3) is 0. The number of rotatable bonds is 3. The first-order chi connectivity index (χ1) is 9.43. The molecule has 0 radical (unpaired) electrons. The second-order valence-electron chi connectivity index (χ2n) is 4.13. The second kappa shape index (κ2) is 5.31. The van der Waals surface area contributed by atoms with Gasteiger partial charge in [-0.15, -0.1) is 0 Å². The highest BCUT2D eigenvalue weighted by atomic mass is 14.9. The molecule has 0 aliphatic rings. The predicted octanol–water partition coefficient (Wildman–Crippen LogP) is 3.89. The van der Waals surface area contributed by atoms with Crippen molar-refractivity contribution in [3.8, 4) is 11.3 Å². The van der Waals surface area contributed by atoms with Crippen LogP contribution in [-0.2, 0) is 0 Å². The lowest BCUT2D eigenvalue weighted by Crippen LogP contribution is -1.95. The van der Waals surface area contributed by atoms with Gasteiger partial charge in [0.2, 0.25) is 0 Å². The Hall–Kier alpha value is -2.68. The molecular weight excluding hydrogens is 234 g/mol. The van der Waals surface area contributed by atoms with Gasteiger partial charge in [-0.05, 0) is 24.3 Å². The molecule has 0 spiro atoms. The van der Waals surface area contributed by atoms with Gasteiger partial charge in [-0.3, -0.25) is 9.97 Å². The van der Waals surface area contributed by atoms with Gasteiger partial charge in [0.25, 0.3) is 0 Å². The molecule has 0 amide bonds. The summed E-state index contributed by atoms with van der Waals surface area (Å²) in [6.45, 7) is 0. The minimum absolute atomic E-state index is 0.937. The zero-order chi connectivity index (χ0) is 12.9. The van der Waals surface area contributed by atoms with Crippen LogP contribution in [0.2, 0.25) is 0 Å². The molecule has 19 heavy (non-hydrogen) atoms. The summed E-state index contributed by atoms with van der Waals surface area (Å²) in [5, 5.41) is 3.35. The molecule has 0 unspecified atom stereocenters. The molecular formula is C16H13N3. The molecule has 0 aliphatic heterocycles. The van der Waals surface area contributed by atoms with E-state index < -0.39 is 0 Å². The first-order valence-electron chi connectivity index (χ1n) is 6.11. The third kappa shape index (κ3) is 2.60. The molecule has 0 aliphatic carbocycles. The maximum absolute atomic E-state index is 4.46. The highest BCUT2D eigenvalue weighted by Gasteiger charge is 2.05. The normalized spacial score (nSPS) is 10.1. The molecule has 3 aromatic rings. The molecule has 3 nitrogen and oxygen atoms in total. The van der Waals surface area contributed by atoms with Crippen molar-refractivity contribution in [3.63, 3.8) is 0 Å². The van der Waals surface area contributed by atoms with Crippen LogP contribution in [-0.4, -0.2) is 9.97 Å². The van der Waals surface area contributed by atoms with E-state index in [1.165, 1.54) is 0 Å². The quantitative estimate of drug-likeness (QED) is 0.763. The predicted molar refractivity (Wildman–Crippen MR) is 77.2 cm³/mol. The van der Waals surface area contributed by atoms with Gasteiger partial charge in [-0.2, -0.15) is 0 Å². The summed E-state index contributed by atoms with van der Waals surface area (Å²) in [7, 11) is 0. The van der Waals surface area contributed by atoms with Crippen LogP contribution in [0, 0.1) is 0 Å². The minimum Gasteiger partial charge on any atom is -0.352 e. The third-order valence-corrected chi connectivity index (χ3v) is 2.80. The number of pyridine rings is 2. The van der Waals surface area contributed by atoms with Crippen LogP contribution in [0.5, 0.6) is 0 Å². The van der Waals surface area contributed by atoms with E-state index in [0.29, 0.717) is 0 Å². The average Bonchev–Trinajstić information content (AvgIpc) is 2.50. The lowest BCUT2D eigenvalue weighted by atomic mass is 10.1. The van der Waals surface area contributed by atoms with E-state index >= 15 is 0 Å². The number of hydrogen-bond donors (Lipinski definition) is 1. The first kappa shape index (κ1) is 11.4. The Balaban J connectivity index is 1.99. The van der Waals surface area contributed by atoms with E-state index in [0.717, 1.165) is 22.6 Å². The largest absolute Gasteiger partial charge is 0.352 e. The highest BCUT2D eigenvalue weighted by molar-refractivity contribution is 5.77. The first-order valence-corrected chi connectivity index (χ1v) is 6.11. The molecule has 3 heteroatoms. The molecule has 0 fully saturated rings. The minimum atomic E-state index is 0.937. The SMILES string of the molecule is c1ccc(-c2ncccc2Nc2cccnc2)cc1. The average molecular weight is 247 g/mol. The Labute approximate surface area is 112 Å². The Morgan fingerprint density at radius 2 is 1.63 bits per heavy atom. The second-order valence-corrected chi connectivity index (χ2v) is 4.13. The summed E-state index contributed by atoms with van der Waals surface area (Å²) in [6.07, 6.45) is 5.35. The Morgan fingerprint density at radius 3 is 2.42 bits per heavy atom. The zero-order valence-corrected chi connectivity index (χ0v) is 10.3. The van der Waals surface area contributed by atoms with Crippen LogP contribution in [0.3, 0.4) is 0 Å². The Morgan fingerprint density at radius 1 is 0.789 bits per heavy atom. The molecule has 0 saturated carbocycles. The van der Waals surface area contributed by atoms with Crippen LogP contribution in [0.25, 0.3) is 11.3 Å². The zero-order valence-electron chi connectivity index (χ0n) is 10.3. The van der Waals surface area contributed by atoms with Crippen molar-refractivity contribution in [1.29, 1.82) is 0 Å². The van der Waals surface area contributed by atoms with Gasteiger partial charge in [0.15, 0.2) is 0 Å². The maximum atomic E-state index is 4.46. The highest BCUT2D eigenvalue weighted by Crippen LogP contribution is 2.27. The number of aromatic nitrogens is 2. The Bertz CT molecular complexity index is 651. The maximum Gasteiger partial charge on any atom is 0.0936 e. The molecule has 92 valence electrons. The molecule has 2 heterocycles. The summed E-state index contributed by atoms with van der Waals surface area (Å²) >= 11 is 0. The van der Waals surface area contributed by atoms with Crippen molar-refractivity contribution in [2.24, 2.45) is 0 Å². The van der Waals surface area contributed by atoms with Gasteiger partial charge in [-0.1, -0.05) is 30.3 Å². The molecule has 0 bridgehead atoms. The number of nitrogens with zero attached hydrogens (tertiary/aromatic N) is 2. The summed E-state index contributed by atoms with van der Waals surface area (Å²) in [5.74, 6) is 0. The van der Waals surface area contributed by atoms with E-state index in [9.17, 15) is 0 Å². The lowest BCUT2D eigenvalue weighted by Gasteiger charge is -2.10. The van der Waals surface area contributed by atoms with Crippen LogP contribution in [0.1, 0.15) is 0 Å². The van der Waals surface area contributed by atoms with Crippen LogP contribution in [0.15, 0.2) is 73.2 Å². The summed E-state index contributed by atoms with van der Waals surface area (Å²) in [6, 6.07) is 18.0. The van der Waals surface area contributed by atoms with Crippen molar-refractivity contribution >= 4 is 11.4 Å². The fourth-order valence-electron chi connectivity index (χ4n) is 1.92. The van der Waals surface area contributed by atoms with Crippen molar-refractivity contribution in [2.75, 3.05) is 5.32 Å². The number of hydrogen-bond acceptors (Lipinski definition) is 3. The molecule has 1 aromatic carbocycles. The van der Waals surface area contributed by atoms with Crippen LogP contribution < -0.4 is 5.32 Å². The van der Waals surface area contributed by atoms with Gasteiger partial charge >= 0.3 is 0 Å².